The summed E-state index contributed by atoms with van der Waals surface area (Å²) in [5, 5.41) is 17.2. The third-order valence-electron chi connectivity index (χ3n) is 1.74. The number of rotatable bonds is 3. The van der Waals surface area contributed by atoms with Gasteiger partial charge in [0.2, 0.25) is 0 Å². The molecule has 0 aliphatic heterocycles. The molecule has 0 bridgehead atoms. The van der Waals surface area contributed by atoms with Crippen LogP contribution < -0.4 is 0 Å². The van der Waals surface area contributed by atoms with Gasteiger partial charge in [0.1, 0.15) is 4.90 Å². The fraction of sp³-hybridized carbons (Fsp3) is 0. The average Bonchev–Trinajstić information content (AvgIpc) is 2.15. The number of aromatic carboxylic acids is 2. The van der Waals surface area contributed by atoms with E-state index < -0.39 is 38.1 Å². The van der Waals surface area contributed by atoms with Gasteiger partial charge in [-0.2, -0.15) is 8.42 Å². The second kappa shape index (κ2) is 6.34. The second-order valence-corrected chi connectivity index (χ2v) is 4.19. The van der Waals surface area contributed by atoms with Gasteiger partial charge in [-0.1, -0.05) is 0 Å². The molecule has 1 aromatic carbocycles. The van der Waals surface area contributed by atoms with Gasteiger partial charge in [0.25, 0.3) is 10.1 Å². The summed E-state index contributed by atoms with van der Waals surface area (Å²) < 4.78 is 30.4. The van der Waals surface area contributed by atoms with Crippen molar-refractivity contribution in [3.63, 3.8) is 0 Å². The van der Waals surface area contributed by atoms with Crippen molar-refractivity contribution in [2.24, 2.45) is 0 Å². The molecule has 0 aliphatic rings. The van der Waals surface area contributed by atoms with Gasteiger partial charge < -0.3 is 10.2 Å². The van der Waals surface area contributed by atoms with Crippen LogP contribution in [-0.2, 0) is 10.1 Å². The molecule has 3 N–H and O–H groups in total. The van der Waals surface area contributed by atoms with Gasteiger partial charge >= 0.3 is 11.9 Å². The van der Waals surface area contributed by atoms with Gasteiger partial charge in [0.05, 0.1) is 11.1 Å². The Hall–Kier alpha value is 0.122. The Labute approximate surface area is 155 Å². The predicted octanol–water partition coefficient (Wildman–Crippen LogP) is -0.0511. The van der Waals surface area contributed by atoms with Crippen molar-refractivity contribution in [1.29, 1.82) is 0 Å². The van der Waals surface area contributed by atoms with Crippen molar-refractivity contribution < 1.29 is 32.8 Å². The van der Waals surface area contributed by atoms with E-state index in [2.05, 4.69) is 0 Å². The van der Waals surface area contributed by atoms with Crippen molar-refractivity contribution in [2.75, 3.05) is 0 Å². The molecule has 17 heavy (non-hydrogen) atoms. The molecule has 87 valence electrons. The molecule has 0 aromatic heterocycles. The van der Waals surface area contributed by atoms with Crippen molar-refractivity contribution in [1.82, 2.24) is 0 Å². The van der Waals surface area contributed by atoms with E-state index in [0.29, 0.717) is 6.07 Å². The van der Waals surface area contributed by atoms with Crippen LogP contribution in [0, 0.1) is 0 Å². The third kappa shape index (κ3) is 4.37. The van der Waals surface area contributed by atoms with Gasteiger partial charge in [-0.25, -0.2) is 9.59 Å². The third-order valence-corrected chi connectivity index (χ3v) is 2.63. The minimum absolute atomic E-state index is 0. The Morgan fingerprint density at radius 2 is 1.59 bits per heavy atom. The summed E-state index contributed by atoms with van der Waals surface area (Å²) in [6.45, 7) is 0. The van der Waals surface area contributed by atoms with E-state index in [4.69, 9.17) is 14.8 Å². The molecule has 0 amide bonds. The number of carboxylic acid groups (broad SMARTS) is 2. The quantitative estimate of drug-likeness (QED) is 0.628. The molecular formula is C8H6CsO7S. The molecule has 1 rings (SSSR count). The smallest absolute Gasteiger partial charge is 0.337 e. The average molecular weight is 379 g/mol. The van der Waals surface area contributed by atoms with Gasteiger partial charge in [-0.05, 0) is 18.2 Å². The van der Waals surface area contributed by atoms with Gasteiger partial charge in [-0.3, -0.25) is 4.55 Å². The Kier molecular flexibility index (Phi) is 6.38. The monoisotopic (exact) mass is 379 g/mol. The number of hydrogen-bond acceptors (Lipinski definition) is 4. The van der Waals surface area contributed by atoms with Crippen molar-refractivity contribution in [3.05, 3.63) is 29.3 Å². The molecule has 1 aromatic rings. The summed E-state index contributed by atoms with van der Waals surface area (Å²) in [7, 11) is -4.78. The van der Waals surface area contributed by atoms with E-state index in [-0.39, 0.29) is 68.9 Å². The van der Waals surface area contributed by atoms with Crippen LogP contribution in [0.5, 0.6) is 0 Å². The minimum atomic E-state index is -4.78. The van der Waals surface area contributed by atoms with E-state index in [0.717, 1.165) is 12.1 Å². The van der Waals surface area contributed by atoms with Crippen LogP contribution in [0.3, 0.4) is 0 Å². The zero-order chi connectivity index (χ0) is 12.5. The number of benzene rings is 1. The summed E-state index contributed by atoms with van der Waals surface area (Å²) >= 11 is 0. The summed E-state index contributed by atoms with van der Waals surface area (Å²) in [6, 6.07) is 2.32. The first-order valence-electron chi connectivity index (χ1n) is 3.81. The van der Waals surface area contributed by atoms with E-state index in [9.17, 15) is 18.0 Å². The molecule has 0 atom stereocenters. The van der Waals surface area contributed by atoms with E-state index >= 15 is 0 Å². The predicted molar refractivity (Wildman–Crippen MR) is 55.9 cm³/mol. The fourth-order valence-electron chi connectivity index (χ4n) is 1.05. The van der Waals surface area contributed by atoms with Crippen molar-refractivity contribution in [3.8, 4) is 0 Å². The Morgan fingerprint density at radius 1 is 1.06 bits per heavy atom. The number of carbonyl (C=O) groups is 2. The van der Waals surface area contributed by atoms with Crippen LogP contribution in [0.1, 0.15) is 20.7 Å². The molecule has 0 heterocycles. The molecule has 7 nitrogen and oxygen atoms in total. The Morgan fingerprint density at radius 3 is 1.94 bits per heavy atom. The molecule has 1 radical (unpaired) electrons. The summed E-state index contributed by atoms with van der Waals surface area (Å²) in [5.41, 5.74) is -1.12. The Balaban J connectivity index is 0.00000256. The molecule has 0 aliphatic carbocycles. The van der Waals surface area contributed by atoms with Gasteiger partial charge in [0, 0.05) is 68.9 Å². The van der Waals surface area contributed by atoms with Crippen LogP contribution in [0.25, 0.3) is 0 Å². The zero-order valence-corrected chi connectivity index (χ0v) is 15.7. The molecule has 0 saturated carbocycles. The SMILES string of the molecule is O=C(O)c1ccc(C(=O)O)c(S(=O)(=O)O)c1.[Cs]. The first-order chi connectivity index (χ1) is 7.23. The van der Waals surface area contributed by atoms with E-state index in [1.807, 2.05) is 0 Å². The molecule has 0 fully saturated rings. The normalized spacial score (nSPS) is 10.4. The number of carboxylic acids is 2. The minimum Gasteiger partial charge on any atom is -0.478 e. The van der Waals surface area contributed by atoms with Crippen LogP contribution in [-0.4, -0.2) is 104 Å². The summed E-state index contributed by atoms with van der Waals surface area (Å²) in [4.78, 5) is 20.2. The van der Waals surface area contributed by atoms with E-state index in [1.54, 1.807) is 0 Å². The van der Waals surface area contributed by atoms with Crippen LogP contribution >= 0.6 is 0 Å². The molecule has 0 saturated heterocycles. The summed E-state index contributed by atoms with van der Waals surface area (Å²) in [5.74, 6) is -3.01. The molecule has 0 spiro atoms. The van der Waals surface area contributed by atoms with E-state index in [1.165, 1.54) is 0 Å². The van der Waals surface area contributed by atoms with Crippen molar-refractivity contribution >= 4 is 91.0 Å². The van der Waals surface area contributed by atoms with Crippen LogP contribution in [0.2, 0.25) is 0 Å². The second-order valence-electron chi connectivity index (χ2n) is 2.80. The fourth-order valence-corrected chi connectivity index (χ4v) is 1.75. The standard InChI is InChI=1S/C8H6O7S.Cs/c9-7(10)4-1-2-5(8(11)12)6(3-4)16(13,14)15;/h1-3H,(H,9,10)(H,11,12)(H,13,14,15);. The van der Waals surface area contributed by atoms with Gasteiger partial charge in [-0.15, -0.1) is 0 Å². The largest absolute Gasteiger partial charge is 0.478 e. The topological polar surface area (TPSA) is 129 Å². The van der Waals surface area contributed by atoms with Gasteiger partial charge in [0.15, 0.2) is 0 Å². The molecular weight excluding hydrogens is 373 g/mol. The maximum atomic E-state index is 10.8. The summed E-state index contributed by atoms with van der Waals surface area (Å²) in [6.07, 6.45) is 0. The first kappa shape index (κ1) is 17.1. The van der Waals surface area contributed by atoms with Crippen LogP contribution in [0.4, 0.5) is 0 Å². The number of hydrogen-bond donors (Lipinski definition) is 3. The molecule has 9 heteroatoms. The Bertz CT molecular complexity index is 563. The maximum absolute atomic E-state index is 10.8. The molecule has 0 unspecified atom stereocenters. The van der Waals surface area contributed by atoms with Crippen LogP contribution in [0.15, 0.2) is 23.1 Å². The van der Waals surface area contributed by atoms with Crippen molar-refractivity contribution in [2.45, 2.75) is 4.90 Å². The maximum Gasteiger partial charge on any atom is 0.337 e. The first-order valence-corrected chi connectivity index (χ1v) is 5.25. The zero-order valence-electron chi connectivity index (χ0n) is 8.61.